The zero-order valence-electron chi connectivity index (χ0n) is 14.4. The number of benzene rings is 1. The number of aliphatic imine (C=N–C) groups is 1. The minimum atomic E-state index is -0.702. The van der Waals surface area contributed by atoms with Crippen molar-refractivity contribution >= 4 is 41.7 Å². The average Bonchev–Trinajstić information content (AvgIpc) is 2.95. The van der Waals surface area contributed by atoms with E-state index in [0.717, 1.165) is 30.0 Å². The second kappa shape index (κ2) is 9.82. The molecule has 0 amide bonds. The van der Waals surface area contributed by atoms with Gasteiger partial charge in [-0.05, 0) is 50.1 Å². The lowest BCUT2D eigenvalue weighted by Gasteiger charge is -2.22. The Morgan fingerprint density at radius 2 is 2.25 bits per heavy atom. The fourth-order valence-corrected chi connectivity index (χ4v) is 3.72. The second-order valence-electron chi connectivity index (χ2n) is 6.10. The van der Waals surface area contributed by atoms with Crippen molar-refractivity contribution in [1.29, 1.82) is 0 Å². The summed E-state index contributed by atoms with van der Waals surface area (Å²) < 4.78 is 13.7. The van der Waals surface area contributed by atoms with Crippen molar-refractivity contribution in [2.24, 2.45) is 4.99 Å². The van der Waals surface area contributed by atoms with Crippen LogP contribution < -0.4 is 10.6 Å². The summed E-state index contributed by atoms with van der Waals surface area (Å²) in [4.78, 5) is 4.51. The summed E-state index contributed by atoms with van der Waals surface area (Å²) >= 11 is 1.76. The fraction of sp³-hybridized carbons (Fsp3) is 0.588. The van der Waals surface area contributed by atoms with E-state index in [1.54, 1.807) is 30.8 Å². The molecule has 1 fully saturated rings. The molecule has 0 radical (unpaired) electrons. The van der Waals surface area contributed by atoms with Crippen LogP contribution in [0.4, 0.5) is 4.39 Å². The lowest BCUT2D eigenvalue weighted by molar-refractivity contribution is 0.0778. The van der Waals surface area contributed by atoms with Crippen LogP contribution >= 0.6 is 35.7 Å². The maximum Gasteiger partial charge on any atom is 0.191 e. The fourth-order valence-electron chi connectivity index (χ4n) is 2.43. The third-order valence-corrected chi connectivity index (χ3v) is 5.24. The van der Waals surface area contributed by atoms with Gasteiger partial charge in [-0.15, -0.1) is 24.0 Å². The molecule has 1 aliphatic rings. The van der Waals surface area contributed by atoms with Gasteiger partial charge in [0, 0.05) is 12.3 Å². The van der Waals surface area contributed by atoms with Crippen LogP contribution in [0.3, 0.4) is 0 Å². The van der Waals surface area contributed by atoms with Gasteiger partial charge >= 0.3 is 0 Å². The van der Waals surface area contributed by atoms with E-state index in [4.69, 9.17) is 0 Å². The third kappa shape index (κ3) is 6.07. The molecule has 136 valence electrons. The number of hydrogen-bond donors (Lipinski definition) is 3. The summed E-state index contributed by atoms with van der Waals surface area (Å²) in [7, 11) is 0. The predicted octanol–water partition coefficient (Wildman–Crippen LogP) is 3.24. The lowest BCUT2D eigenvalue weighted by atomic mass is 10.0. The number of guanidine groups is 1. The molecule has 1 aromatic carbocycles. The summed E-state index contributed by atoms with van der Waals surface area (Å²) in [6, 6.07) is 5.18. The summed E-state index contributed by atoms with van der Waals surface area (Å²) in [5, 5.41) is 16.8. The molecule has 4 nitrogen and oxygen atoms in total. The topological polar surface area (TPSA) is 56.7 Å². The van der Waals surface area contributed by atoms with Crippen LogP contribution in [0.2, 0.25) is 0 Å². The number of rotatable bonds is 5. The van der Waals surface area contributed by atoms with Crippen molar-refractivity contribution < 1.29 is 9.50 Å². The molecule has 2 unspecified atom stereocenters. The van der Waals surface area contributed by atoms with E-state index in [1.807, 2.05) is 19.9 Å². The normalized spacial score (nSPS) is 22.0. The van der Waals surface area contributed by atoms with Gasteiger partial charge in [-0.2, -0.15) is 11.8 Å². The Kier molecular flexibility index (Phi) is 8.80. The summed E-state index contributed by atoms with van der Waals surface area (Å²) in [6.45, 7) is 6.83. The van der Waals surface area contributed by atoms with Crippen molar-refractivity contribution in [1.82, 2.24) is 10.6 Å². The van der Waals surface area contributed by atoms with Crippen LogP contribution in [-0.4, -0.2) is 41.3 Å². The quantitative estimate of drug-likeness (QED) is 0.354. The van der Waals surface area contributed by atoms with E-state index in [2.05, 4.69) is 15.6 Å². The molecule has 0 aromatic heterocycles. The van der Waals surface area contributed by atoms with Crippen LogP contribution in [0, 0.1) is 12.7 Å². The van der Waals surface area contributed by atoms with Crippen LogP contribution in [0.1, 0.15) is 37.4 Å². The molecule has 1 saturated heterocycles. The van der Waals surface area contributed by atoms with Gasteiger partial charge in [0.2, 0.25) is 0 Å². The second-order valence-corrected chi connectivity index (χ2v) is 7.20. The maximum absolute atomic E-state index is 13.7. The van der Waals surface area contributed by atoms with Crippen LogP contribution in [-0.2, 0) is 0 Å². The Balaban J connectivity index is 0.00000288. The first-order valence-electron chi connectivity index (χ1n) is 8.04. The molecule has 1 aliphatic heterocycles. The number of nitrogens with one attached hydrogen (secondary N) is 2. The molecule has 7 heteroatoms. The van der Waals surface area contributed by atoms with E-state index in [0.29, 0.717) is 18.1 Å². The Hall–Kier alpha value is -0.540. The molecule has 0 saturated carbocycles. The number of thioether (sulfide) groups is 1. The zero-order valence-corrected chi connectivity index (χ0v) is 17.6. The predicted molar refractivity (Wildman–Crippen MR) is 111 cm³/mol. The third-order valence-electron chi connectivity index (χ3n) is 4.01. The highest BCUT2D eigenvalue weighted by atomic mass is 127. The number of aryl methyl sites for hydroxylation is 1. The van der Waals surface area contributed by atoms with Crippen LogP contribution in [0.15, 0.2) is 23.2 Å². The zero-order chi connectivity index (χ0) is 16.9. The van der Waals surface area contributed by atoms with E-state index in [-0.39, 0.29) is 35.8 Å². The number of halogens is 2. The van der Waals surface area contributed by atoms with Gasteiger partial charge in [-0.25, -0.2) is 4.39 Å². The average molecular weight is 467 g/mol. The van der Waals surface area contributed by atoms with Crippen molar-refractivity contribution in [3.63, 3.8) is 0 Å². The van der Waals surface area contributed by atoms with Gasteiger partial charge in [0.25, 0.3) is 0 Å². The van der Waals surface area contributed by atoms with Gasteiger partial charge in [0.05, 0.1) is 18.2 Å². The van der Waals surface area contributed by atoms with Gasteiger partial charge in [-0.1, -0.05) is 12.1 Å². The highest BCUT2D eigenvalue weighted by Gasteiger charge is 2.31. The molecular formula is C17H27FIN3OS. The SMILES string of the molecule is CCNC(=NCC1(O)CCSC1)NC(C)c1ccc(C)c(F)c1.I. The lowest BCUT2D eigenvalue weighted by Crippen LogP contribution is -2.41. The molecule has 0 aliphatic carbocycles. The van der Waals surface area contributed by atoms with Crippen molar-refractivity contribution in [3.8, 4) is 0 Å². The molecular weight excluding hydrogens is 440 g/mol. The molecule has 1 aromatic rings. The molecule has 2 atom stereocenters. The van der Waals surface area contributed by atoms with E-state index < -0.39 is 5.60 Å². The molecule has 24 heavy (non-hydrogen) atoms. The highest BCUT2D eigenvalue weighted by molar-refractivity contribution is 14.0. The summed E-state index contributed by atoms with van der Waals surface area (Å²) in [6.07, 6.45) is 0.777. The van der Waals surface area contributed by atoms with Gasteiger partial charge in [0.15, 0.2) is 5.96 Å². The molecule has 0 spiro atoms. The Labute approximate surface area is 165 Å². The number of nitrogens with zero attached hydrogens (tertiary/aromatic N) is 1. The molecule has 0 bridgehead atoms. The largest absolute Gasteiger partial charge is 0.387 e. The first kappa shape index (κ1) is 21.5. The number of hydrogen-bond acceptors (Lipinski definition) is 3. The summed E-state index contributed by atoms with van der Waals surface area (Å²) in [5.41, 5.74) is 0.808. The van der Waals surface area contributed by atoms with E-state index in [1.165, 1.54) is 0 Å². The number of aliphatic hydroxyl groups is 1. The summed E-state index contributed by atoms with van der Waals surface area (Å²) in [5.74, 6) is 2.16. The van der Waals surface area contributed by atoms with Crippen molar-refractivity contribution in [2.75, 3.05) is 24.6 Å². The Morgan fingerprint density at radius 3 is 2.83 bits per heavy atom. The van der Waals surface area contributed by atoms with E-state index in [9.17, 15) is 9.50 Å². The van der Waals surface area contributed by atoms with Crippen LogP contribution in [0.25, 0.3) is 0 Å². The minimum absolute atomic E-state index is 0. The first-order valence-corrected chi connectivity index (χ1v) is 9.20. The van der Waals surface area contributed by atoms with Gasteiger partial charge in [0.1, 0.15) is 5.82 Å². The first-order chi connectivity index (χ1) is 10.9. The standard InChI is InChI=1S/C17H26FN3OS.HI/c1-4-19-16(20-10-17(22)7-8-23-11-17)21-13(3)14-6-5-12(2)15(18)9-14;/h5-6,9,13,22H,4,7-8,10-11H2,1-3H3,(H2,19,20,21);1H. The molecule has 1 heterocycles. The smallest absolute Gasteiger partial charge is 0.191 e. The minimum Gasteiger partial charge on any atom is -0.387 e. The maximum atomic E-state index is 13.7. The van der Waals surface area contributed by atoms with Gasteiger partial charge < -0.3 is 15.7 Å². The Morgan fingerprint density at radius 1 is 1.50 bits per heavy atom. The van der Waals surface area contributed by atoms with Crippen molar-refractivity contribution in [3.05, 3.63) is 35.1 Å². The van der Waals surface area contributed by atoms with Crippen LogP contribution in [0.5, 0.6) is 0 Å². The highest BCUT2D eigenvalue weighted by Crippen LogP contribution is 2.27. The monoisotopic (exact) mass is 467 g/mol. The van der Waals surface area contributed by atoms with Crippen molar-refractivity contribution in [2.45, 2.75) is 38.8 Å². The van der Waals surface area contributed by atoms with Gasteiger partial charge in [-0.3, -0.25) is 4.99 Å². The molecule has 3 N–H and O–H groups in total. The van der Waals surface area contributed by atoms with E-state index >= 15 is 0 Å². The molecule has 2 rings (SSSR count). The Bertz CT molecular complexity index is 565.